The van der Waals surface area contributed by atoms with Crippen molar-refractivity contribution in [2.75, 3.05) is 5.32 Å². The monoisotopic (exact) mass is 330 g/mol. The molecule has 0 radical (unpaired) electrons. The smallest absolute Gasteiger partial charge is 0.145 e. The van der Waals surface area contributed by atoms with Crippen LogP contribution in [-0.4, -0.2) is 4.98 Å². The number of halogens is 2. The van der Waals surface area contributed by atoms with E-state index in [0.29, 0.717) is 10.8 Å². The van der Waals surface area contributed by atoms with Crippen LogP contribution < -0.4 is 5.32 Å². The molecule has 0 saturated carbocycles. The summed E-state index contributed by atoms with van der Waals surface area (Å²) in [5.74, 6) is 0.716. The largest absolute Gasteiger partial charge is 0.362 e. The molecule has 0 amide bonds. The molecule has 2 rings (SSSR count). The zero-order valence-corrected chi connectivity index (χ0v) is 12.7. The highest BCUT2D eigenvalue weighted by Crippen LogP contribution is 2.29. The van der Waals surface area contributed by atoms with Gasteiger partial charge < -0.3 is 5.32 Å². The Bertz CT molecular complexity index is 527. The Morgan fingerprint density at radius 2 is 2.24 bits per heavy atom. The lowest BCUT2D eigenvalue weighted by atomic mass is 10.2. The second kappa shape index (κ2) is 5.38. The molecule has 0 fully saturated rings. The van der Waals surface area contributed by atoms with Crippen molar-refractivity contribution in [2.24, 2.45) is 0 Å². The van der Waals surface area contributed by atoms with Crippen molar-refractivity contribution < 1.29 is 0 Å². The highest BCUT2D eigenvalue weighted by atomic mass is 79.9. The average molecular weight is 332 g/mol. The third kappa shape index (κ3) is 3.21. The molecule has 0 aliphatic rings. The van der Waals surface area contributed by atoms with E-state index in [9.17, 15) is 0 Å². The van der Waals surface area contributed by atoms with Gasteiger partial charge in [0.1, 0.15) is 5.82 Å². The van der Waals surface area contributed by atoms with Crippen molar-refractivity contribution in [3.05, 3.63) is 43.6 Å². The molecule has 2 nitrogen and oxygen atoms in total. The quantitative estimate of drug-likeness (QED) is 0.852. The van der Waals surface area contributed by atoms with E-state index < -0.39 is 0 Å². The maximum Gasteiger partial charge on any atom is 0.145 e. The molecule has 2 aromatic heterocycles. The molecule has 2 aromatic rings. The first kappa shape index (κ1) is 12.9. The molecular formula is C12H12BrClN2S. The fourth-order valence-corrected chi connectivity index (χ4v) is 3.05. The minimum Gasteiger partial charge on any atom is -0.362 e. The Morgan fingerprint density at radius 1 is 1.47 bits per heavy atom. The van der Waals surface area contributed by atoms with Crippen LogP contribution in [0.25, 0.3) is 0 Å². The van der Waals surface area contributed by atoms with Gasteiger partial charge >= 0.3 is 0 Å². The van der Waals surface area contributed by atoms with Crippen LogP contribution in [0.1, 0.15) is 22.7 Å². The summed E-state index contributed by atoms with van der Waals surface area (Å²) in [7, 11) is 0. The van der Waals surface area contributed by atoms with Gasteiger partial charge in [0.25, 0.3) is 0 Å². The van der Waals surface area contributed by atoms with E-state index in [1.807, 2.05) is 6.07 Å². The van der Waals surface area contributed by atoms with E-state index >= 15 is 0 Å². The first-order valence-corrected chi connectivity index (χ1v) is 7.19. The van der Waals surface area contributed by atoms with Crippen molar-refractivity contribution in [1.29, 1.82) is 0 Å². The second-order valence-electron chi connectivity index (χ2n) is 3.80. The third-order valence-corrected chi connectivity index (χ3v) is 4.25. The number of aryl methyl sites for hydroxylation is 1. The van der Waals surface area contributed by atoms with Gasteiger partial charge in [-0.25, -0.2) is 4.98 Å². The molecule has 0 aliphatic heterocycles. The van der Waals surface area contributed by atoms with Gasteiger partial charge in [0, 0.05) is 20.4 Å². The van der Waals surface area contributed by atoms with Crippen LogP contribution in [0.5, 0.6) is 0 Å². The van der Waals surface area contributed by atoms with Gasteiger partial charge in [-0.3, -0.25) is 0 Å². The van der Waals surface area contributed by atoms with Gasteiger partial charge in [-0.1, -0.05) is 11.6 Å². The lowest BCUT2D eigenvalue weighted by Gasteiger charge is -2.14. The van der Waals surface area contributed by atoms with E-state index in [2.05, 4.69) is 52.2 Å². The molecular weight excluding hydrogens is 320 g/mol. The molecule has 1 unspecified atom stereocenters. The van der Waals surface area contributed by atoms with E-state index in [1.54, 1.807) is 17.5 Å². The number of nitrogens with one attached hydrogen (secondary N) is 1. The van der Waals surface area contributed by atoms with E-state index in [1.165, 1.54) is 9.75 Å². The Hall–Kier alpha value is -0.580. The summed E-state index contributed by atoms with van der Waals surface area (Å²) < 4.78 is 0.882. The molecule has 5 heteroatoms. The fraction of sp³-hybridized carbons (Fsp3) is 0.250. The molecule has 17 heavy (non-hydrogen) atoms. The second-order valence-corrected chi connectivity index (χ2v) is 6.44. The van der Waals surface area contributed by atoms with Crippen LogP contribution in [0.4, 0.5) is 5.82 Å². The Balaban J connectivity index is 2.15. The van der Waals surface area contributed by atoms with Gasteiger partial charge in [-0.2, -0.15) is 0 Å². The number of nitrogens with zero attached hydrogens (tertiary/aromatic N) is 1. The predicted molar refractivity (Wildman–Crippen MR) is 78.0 cm³/mol. The van der Waals surface area contributed by atoms with E-state index in [0.717, 1.165) is 4.47 Å². The number of rotatable bonds is 3. The molecule has 0 saturated heterocycles. The van der Waals surface area contributed by atoms with Crippen LogP contribution in [0.15, 0.2) is 28.9 Å². The molecule has 1 atom stereocenters. The zero-order valence-electron chi connectivity index (χ0n) is 9.50. The van der Waals surface area contributed by atoms with E-state index in [4.69, 9.17) is 11.6 Å². The highest BCUT2D eigenvalue weighted by molar-refractivity contribution is 9.10. The lowest BCUT2D eigenvalue weighted by Crippen LogP contribution is -2.06. The number of anilines is 1. The zero-order chi connectivity index (χ0) is 12.4. The summed E-state index contributed by atoms with van der Waals surface area (Å²) in [6.07, 6.45) is 1.74. The molecule has 0 aromatic carbocycles. The number of thiophene rings is 1. The first-order valence-electron chi connectivity index (χ1n) is 5.20. The Morgan fingerprint density at radius 3 is 2.82 bits per heavy atom. The summed E-state index contributed by atoms with van der Waals surface area (Å²) >= 11 is 11.2. The summed E-state index contributed by atoms with van der Waals surface area (Å²) in [4.78, 5) is 6.85. The molecule has 0 bridgehead atoms. The normalized spacial score (nSPS) is 12.5. The van der Waals surface area contributed by atoms with Gasteiger partial charge in [0.05, 0.1) is 11.1 Å². The highest BCUT2D eigenvalue weighted by Gasteiger charge is 2.10. The van der Waals surface area contributed by atoms with Gasteiger partial charge in [0.15, 0.2) is 0 Å². The van der Waals surface area contributed by atoms with Crippen molar-refractivity contribution >= 4 is 44.7 Å². The summed E-state index contributed by atoms with van der Waals surface area (Å²) in [5, 5.41) is 3.94. The minimum atomic E-state index is 0.208. The van der Waals surface area contributed by atoms with Crippen molar-refractivity contribution in [3.8, 4) is 0 Å². The summed E-state index contributed by atoms with van der Waals surface area (Å²) in [6, 6.07) is 6.29. The summed E-state index contributed by atoms with van der Waals surface area (Å²) in [6.45, 7) is 4.21. The van der Waals surface area contributed by atoms with Crippen LogP contribution in [0, 0.1) is 6.92 Å². The SMILES string of the molecule is Cc1ccc(C(C)Nc2ncc(Br)cc2Cl)s1. The Labute approximate surface area is 118 Å². The summed E-state index contributed by atoms with van der Waals surface area (Å²) in [5.41, 5.74) is 0. The number of aromatic nitrogens is 1. The van der Waals surface area contributed by atoms with Gasteiger partial charge in [-0.05, 0) is 48.0 Å². The lowest BCUT2D eigenvalue weighted by molar-refractivity contribution is 0.896. The minimum absolute atomic E-state index is 0.208. The maximum atomic E-state index is 6.11. The van der Waals surface area contributed by atoms with E-state index in [-0.39, 0.29) is 6.04 Å². The first-order chi connectivity index (χ1) is 8.06. The number of pyridine rings is 1. The van der Waals surface area contributed by atoms with Crippen LogP contribution in [0.2, 0.25) is 5.02 Å². The van der Waals surface area contributed by atoms with Crippen molar-refractivity contribution in [1.82, 2.24) is 4.98 Å². The van der Waals surface area contributed by atoms with Crippen LogP contribution in [0.3, 0.4) is 0 Å². The average Bonchev–Trinajstić information content (AvgIpc) is 2.69. The van der Waals surface area contributed by atoms with Crippen LogP contribution in [-0.2, 0) is 0 Å². The fourth-order valence-electron chi connectivity index (χ4n) is 1.48. The van der Waals surface area contributed by atoms with Crippen LogP contribution >= 0.6 is 38.9 Å². The molecule has 0 spiro atoms. The predicted octanol–water partition coefficient (Wildman–Crippen LogP) is 5.04. The van der Waals surface area contributed by atoms with Gasteiger partial charge in [0.2, 0.25) is 0 Å². The maximum absolute atomic E-state index is 6.11. The van der Waals surface area contributed by atoms with Gasteiger partial charge in [-0.15, -0.1) is 11.3 Å². The number of hydrogen-bond donors (Lipinski definition) is 1. The molecule has 1 N–H and O–H groups in total. The Kier molecular flexibility index (Phi) is 4.07. The van der Waals surface area contributed by atoms with Crippen molar-refractivity contribution in [3.63, 3.8) is 0 Å². The molecule has 90 valence electrons. The van der Waals surface area contributed by atoms with Crippen molar-refractivity contribution in [2.45, 2.75) is 19.9 Å². The third-order valence-electron chi connectivity index (χ3n) is 2.35. The number of hydrogen-bond acceptors (Lipinski definition) is 3. The molecule has 2 heterocycles. The topological polar surface area (TPSA) is 24.9 Å². The molecule has 0 aliphatic carbocycles. The standard InChI is InChI=1S/C12H12BrClN2S/c1-7-3-4-11(17-7)8(2)16-12-10(14)5-9(13)6-15-12/h3-6,8H,1-2H3,(H,15,16).